The average Bonchev–Trinajstić information content (AvgIpc) is 2.82. The van der Waals surface area contributed by atoms with Gasteiger partial charge in [0.15, 0.2) is 0 Å². The predicted octanol–water partition coefficient (Wildman–Crippen LogP) is 7.06. The second kappa shape index (κ2) is 11.5. The molecule has 0 unspecified atom stereocenters. The number of aryl methyl sites for hydroxylation is 3. The molecule has 6 heteroatoms. The number of halogens is 1. The van der Waals surface area contributed by atoms with Gasteiger partial charge in [-0.05, 0) is 89.6 Å². The van der Waals surface area contributed by atoms with Crippen LogP contribution < -0.4 is 0 Å². The molecule has 2 aromatic rings. The largest absolute Gasteiger partial charge is 0.444 e. The van der Waals surface area contributed by atoms with E-state index < -0.39 is 11.0 Å². The number of ether oxygens (including phenoxy) is 1. The quantitative estimate of drug-likeness (QED) is 0.406. The maximum absolute atomic E-state index is 14.4. The summed E-state index contributed by atoms with van der Waals surface area (Å²) in [7, 11) is 1.89. The number of benzene rings is 2. The van der Waals surface area contributed by atoms with Gasteiger partial charge >= 0.3 is 6.09 Å². The van der Waals surface area contributed by atoms with Crippen LogP contribution in [0.25, 0.3) is 0 Å². The number of rotatable bonds is 6. The summed E-state index contributed by atoms with van der Waals surface area (Å²) < 4.78 is 19.7. The minimum Gasteiger partial charge on any atom is -0.444 e. The van der Waals surface area contributed by atoms with Gasteiger partial charge in [-0.25, -0.2) is 9.18 Å². The van der Waals surface area contributed by atoms with Crippen molar-refractivity contribution >= 4 is 12.0 Å². The summed E-state index contributed by atoms with van der Waals surface area (Å²) in [6, 6.07) is 11.1. The van der Waals surface area contributed by atoms with E-state index in [0.717, 1.165) is 27.8 Å². The number of carbonyl (C=O) groups is 2. The van der Waals surface area contributed by atoms with Crippen molar-refractivity contribution < 1.29 is 18.7 Å². The van der Waals surface area contributed by atoms with E-state index in [-0.39, 0.29) is 29.8 Å². The SMILES string of the molecule is CCC(CC)(C(=O)N(C)[C@H]1CCN(C(=O)OC(C)(C)C)C[C@@H]1c1ccc(F)cc1C)c1cc(C)cc(C)c1. The van der Waals surface area contributed by atoms with Crippen LogP contribution in [-0.2, 0) is 14.9 Å². The van der Waals surface area contributed by atoms with Gasteiger partial charge in [0.1, 0.15) is 11.4 Å². The van der Waals surface area contributed by atoms with E-state index in [4.69, 9.17) is 4.74 Å². The van der Waals surface area contributed by atoms with Crippen LogP contribution in [0.4, 0.5) is 9.18 Å². The van der Waals surface area contributed by atoms with E-state index in [1.165, 1.54) is 12.1 Å². The first-order valence-electron chi connectivity index (χ1n) is 13.8. The molecule has 5 nitrogen and oxygen atoms in total. The number of likely N-dealkylation sites (tertiary alicyclic amines) is 1. The van der Waals surface area contributed by atoms with Gasteiger partial charge in [-0.3, -0.25) is 4.79 Å². The molecule has 38 heavy (non-hydrogen) atoms. The first kappa shape index (κ1) is 29.7. The topological polar surface area (TPSA) is 49.9 Å². The van der Waals surface area contributed by atoms with Crippen molar-refractivity contribution in [2.24, 2.45) is 0 Å². The van der Waals surface area contributed by atoms with Crippen LogP contribution in [0.15, 0.2) is 36.4 Å². The third kappa shape index (κ3) is 6.22. The zero-order chi connectivity index (χ0) is 28.4. The molecule has 3 rings (SSSR count). The number of hydrogen-bond acceptors (Lipinski definition) is 3. The van der Waals surface area contributed by atoms with Crippen molar-refractivity contribution in [3.05, 3.63) is 70.0 Å². The highest BCUT2D eigenvalue weighted by Crippen LogP contribution is 2.39. The Hall–Kier alpha value is -2.89. The van der Waals surface area contributed by atoms with Crippen molar-refractivity contribution in [3.63, 3.8) is 0 Å². The fourth-order valence-electron chi connectivity index (χ4n) is 6.08. The van der Waals surface area contributed by atoms with Crippen LogP contribution in [0.2, 0.25) is 0 Å². The molecule has 208 valence electrons. The zero-order valence-corrected chi connectivity index (χ0v) is 24.7. The number of likely N-dealkylation sites (N-methyl/N-ethyl adjacent to an activating group) is 1. The van der Waals surface area contributed by atoms with Crippen LogP contribution in [-0.4, -0.2) is 53.6 Å². The van der Waals surface area contributed by atoms with Crippen molar-refractivity contribution in [2.75, 3.05) is 20.1 Å². The van der Waals surface area contributed by atoms with Crippen molar-refractivity contribution in [2.45, 2.75) is 97.6 Å². The van der Waals surface area contributed by atoms with E-state index in [0.29, 0.717) is 32.4 Å². The lowest BCUT2D eigenvalue weighted by atomic mass is 9.73. The zero-order valence-electron chi connectivity index (χ0n) is 24.7. The molecule has 2 atom stereocenters. The van der Waals surface area contributed by atoms with Crippen molar-refractivity contribution in [3.8, 4) is 0 Å². The molecule has 0 bridgehead atoms. The third-order valence-corrected chi connectivity index (χ3v) is 8.07. The second-order valence-electron chi connectivity index (χ2n) is 12.0. The van der Waals surface area contributed by atoms with Crippen LogP contribution in [0.1, 0.15) is 87.6 Å². The van der Waals surface area contributed by atoms with Gasteiger partial charge in [0, 0.05) is 32.1 Å². The molecule has 2 aromatic carbocycles. The first-order chi connectivity index (χ1) is 17.7. The van der Waals surface area contributed by atoms with Gasteiger partial charge < -0.3 is 14.5 Å². The minimum atomic E-state index is -0.643. The van der Waals surface area contributed by atoms with Gasteiger partial charge in [0.2, 0.25) is 5.91 Å². The lowest BCUT2D eigenvalue weighted by Crippen LogP contribution is -2.56. The van der Waals surface area contributed by atoms with E-state index in [1.807, 2.05) is 39.6 Å². The molecule has 2 amide bonds. The highest BCUT2D eigenvalue weighted by atomic mass is 19.1. The maximum Gasteiger partial charge on any atom is 0.410 e. The van der Waals surface area contributed by atoms with Crippen LogP contribution in [0.5, 0.6) is 0 Å². The molecular formula is C32H45FN2O3. The number of carbonyl (C=O) groups excluding carboxylic acids is 2. The van der Waals surface area contributed by atoms with E-state index in [1.54, 1.807) is 11.0 Å². The molecule has 1 fully saturated rings. The highest BCUT2D eigenvalue weighted by molar-refractivity contribution is 5.88. The fraction of sp³-hybridized carbons (Fsp3) is 0.562. The van der Waals surface area contributed by atoms with Crippen molar-refractivity contribution in [1.82, 2.24) is 9.80 Å². The number of nitrogens with zero attached hydrogens (tertiary/aromatic N) is 2. The van der Waals surface area contributed by atoms with Gasteiger partial charge in [-0.15, -0.1) is 0 Å². The smallest absolute Gasteiger partial charge is 0.410 e. The summed E-state index contributed by atoms with van der Waals surface area (Å²) in [5.74, 6) is -0.373. The summed E-state index contributed by atoms with van der Waals surface area (Å²) in [6.07, 6.45) is 1.62. The summed E-state index contributed by atoms with van der Waals surface area (Å²) in [4.78, 5) is 31.1. The summed E-state index contributed by atoms with van der Waals surface area (Å²) in [5, 5.41) is 0. The van der Waals surface area contributed by atoms with Crippen LogP contribution in [0, 0.1) is 26.6 Å². The van der Waals surface area contributed by atoms with Gasteiger partial charge in [-0.1, -0.05) is 49.2 Å². The van der Waals surface area contributed by atoms with E-state index >= 15 is 0 Å². The Morgan fingerprint density at radius 2 is 1.63 bits per heavy atom. The standard InChI is InChI=1S/C32H45FN2O3/c1-10-32(11-2,24-17-21(3)16-22(4)18-24)29(36)34(9)28-14-15-35(30(37)38-31(6,7)8)20-27(28)26-13-12-25(33)19-23(26)5/h12-13,16-19,27-28H,10-11,14-15,20H2,1-9H3/t27-,28+/m1/s1. The second-order valence-corrected chi connectivity index (χ2v) is 12.0. The van der Waals surface area contributed by atoms with Gasteiger partial charge in [-0.2, -0.15) is 0 Å². The van der Waals surface area contributed by atoms with Crippen LogP contribution >= 0.6 is 0 Å². The molecule has 0 radical (unpaired) electrons. The Kier molecular flexibility index (Phi) is 8.95. The summed E-state index contributed by atoms with van der Waals surface area (Å²) in [5.41, 5.74) is 3.87. The predicted molar refractivity (Wildman–Crippen MR) is 151 cm³/mol. The molecule has 0 aliphatic carbocycles. The van der Waals surface area contributed by atoms with Crippen molar-refractivity contribution in [1.29, 1.82) is 0 Å². The number of amides is 2. The Morgan fingerprint density at radius 3 is 2.16 bits per heavy atom. The minimum absolute atomic E-state index is 0.0907. The fourth-order valence-corrected chi connectivity index (χ4v) is 6.08. The molecule has 0 spiro atoms. The summed E-state index contributed by atoms with van der Waals surface area (Å²) >= 11 is 0. The third-order valence-electron chi connectivity index (χ3n) is 8.07. The molecule has 1 saturated heterocycles. The molecule has 0 N–H and O–H groups in total. The average molecular weight is 525 g/mol. The first-order valence-corrected chi connectivity index (χ1v) is 13.8. The molecule has 1 aliphatic heterocycles. The van der Waals surface area contributed by atoms with E-state index in [2.05, 4.69) is 45.9 Å². The summed E-state index contributed by atoms with van der Waals surface area (Å²) in [6.45, 7) is 16.7. The van der Waals surface area contributed by atoms with Gasteiger partial charge in [0.25, 0.3) is 0 Å². The molecular weight excluding hydrogens is 479 g/mol. The lowest BCUT2D eigenvalue weighted by molar-refractivity contribution is -0.140. The van der Waals surface area contributed by atoms with E-state index in [9.17, 15) is 14.0 Å². The Balaban J connectivity index is 2.02. The molecule has 0 aromatic heterocycles. The Morgan fingerprint density at radius 1 is 1.03 bits per heavy atom. The Bertz CT molecular complexity index is 1150. The monoisotopic (exact) mass is 524 g/mol. The highest BCUT2D eigenvalue weighted by Gasteiger charge is 2.44. The Labute approximate surface area is 228 Å². The molecule has 0 saturated carbocycles. The lowest BCUT2D eigenvalue weighted by Gasteiger charge is -2.46. The molecule has 1 aliphatic rings. The van der Waals surface area contributed by atoms with Gasteiger partial charge in [0.05, 0.1) is 5.41 Å². The molecule has 1 heterocycles. The van der Waals surface area contributed by atoms with Crippen LogP contribution in [0.3, 0.4) is 0 Å². The maximum atomic E-state index is 14.4. The number of hydrogen-bond donors (Lipinski definition) is 0. The normalized spacial score (nSPS) is 18.3. The number of piperidine rings is 1.